The fraction of sp³-hybridized carbons (Fsp3) is 0.625. The van der Waals surface area contributed by atoms with Gasteiger partial charge >= 0.3 is 0 Å². The molecule has 1 aromatic carbocycles. The first-order chi connectivity index (χ1) is 16.2. The number of hydrogen-bond donors (Lipinski definition) is 2. The lowest BCUT2D eigenvalue weighted by atomic mass is 10.2. The Balaban J connectivity index is 2.10. The molecule has 1 unspecified atom stereocenters. The number of benzene rings is 1. The Morgan fingerprint density at radius 2 is 1.79 bits per heavy atom. The molecule has 0 radical (unpaired) electrons. The number of amides is 2. The van der Waals surface area contributed by atoms with Gasteiger partial charge in [-0.05, 0) is 38.0 Å². The lowest BCUT2D eigenvalue weighted by molar-refractivity contribution is -0.122. The summed E-state index contributed by atoms with van der Waals surface area (Å²) in [5, 5.41) is 5.67. The SMILES string of the molecule is CCCn1c(CCC(=O)NCCC(=O)NC(C)CC)nc2cc(S(=O)(=O)N(CC)CC)ccc21. The van der Waals surface area contributed by atoms with Crippen molar-refractivity contribution in [1.82, 2.24) is 24.5 Å². The number of aromatic nitrogens is 2. The number of sulfonamides is 1. The summed E-state index contributed by atoms with van der Waals surface area (Å²) in [5.41, 5.74) is 1.47. The first-order valence-electron chi connectivity index (χ1n) is 12.2. The van der Waals surface area contributed by atoms with Gasteiger partial charge in [-0.25, -0.2) is 13.4 Å². The van der Waals surface area contributed by atoms with Crippen molar-refractivity contribution in [3.05, 3.63) is 24.0 Å². The highest BCUT2D eigenvalue weighted by atomic mass is 32.2. The Labute approximate surface area is 203 Å². The standard InChI is InChI=1S/C24H39N5O4S/c1-6-16-29-21-11-10-19(34(32,33)28(8-3)9-4)17-20(21)27-22(29)12-13-23(30)25-15-14-24(31)26-18(5)7-2/h10-11,17-18H,6-9,12-16H2,1-5H3,(H,25,30)(H,26,31). The number of nitrogens with one attached hydrogen (secondary N) is 2. The van der Waals surface area contributed by atoms with Crippen LogP contribution in [0.1, 0.15) is 66.1 Å². The molecule has 2 N–H and O–H groups in total. The van der Waals surface area contributed by atoms with Crippen molar-refractivity contribution in [2.24, 2.45) is 0 Å². The van der Waals surface area contributed by atoms with Crippen LogP contribution in [-0.4, -0.2) is 59.8 Å². The van der Waals surface area contributed by atoms with Gasteiger partial charge in [0.15, 0.2) is 0 Å². The molecule has 0 aliphatic heterocycles. The van der Waals surface area contributed by atoms with E-state index >= 15 is 0 Å². The van der Waals surface area contributed by atoms with E-state index in [1.165, 1.54) is 4.31 Å². The molecule has 2 amide bonds. The van der Waals surface area contributed by atoms with Crippen molar-refractivity contribution in [1.29, 1.82) is 0 Å². The van der Waals surface area contributed by atoms with E-state index in [1.54, 1.807) is 18.2 Å². The topological polar surface area (TPSA) is 113 Å². The largest absolute Gasteiger partial charge is 0.356 e. The van der Waals surface area contributed by atoms with E-state index in [4.69, 9.17) is 0 Å². The second kappa shape index (κ2) is 12.9. The molecule has 1 atom stereocenters. The average molecular weight is 494 g/mol. The van der Waals surface area contributed by atoms with Gasteiger partial charge in [0.1, 0.15) is 5.82 Å². The lowest BCUT2D eigenvalue weighted by Gasteiger charge is -2.18. The van der Waals surface area contributed by atoms with Gasteiger partial charge in [-0.15, -0.1) is 0 Å². The molecule has 2 rings (SSSR count). The fourth-order valence-corrected chi connectivity index (χ4v) is 5.25. The number of carbonyl (C=O) groups is 2. The minimum absolute atomic E-state index is 0.0742. The molecule has 1 aromatic heterocycles. The van der Waals surface area contributed by atoms with E-state index in [9.17, 15) is 18.0 Å². The number of hydrogen-bond acceptors (Lipinski definition) is 5. The van der Waals surface area contributed by atoms with E-state index in [2.05, 4.69) is 27.1 Å². The van der Waals surface area contributed by atoms with Crippen molar-refractivity contribution < 1.29 is 18.0 Å². The fourth-order valence-electron chi connectivity index (χ4n) is 3.77. The number of rotatable bonds is 14. The summed E-state index contributed by atoms with van der Waals surface area (Å²) in [6.07, 6.45) is 2.66. The second-order valence-electron chi connectivity index (χ2n) is 8.40. The van der Waals surface area contributed by atoms with Crippen molar-refractivity contribution in [3.8, 4) is 0 Å². The van der Waals surface area contributed by atoms with Crippen LogP contribution < -0.4 is 10.6 Å². The third-order valence-electron chi connectivity index (χ3n) is 5.86. The zero-order valence-corrected chi connectivity index (χ0v) is 21.9. The zero-order chi connectivity index (χ0) is 25.3. The first-order valence-corrected chi connectivity index (χ1v) is 13.7. The molecule has 0 saturated carbocycles. The van der Waals surface area contributed by atoms with Crippen molar-refractivity contribution in [2.45, 2.75) is 84.2 Å². The Morgan fingerprint density at radius 1 is 1.09 bits per heavy atom. The van der Waals surface area contributed by atoms with Crippen LogP contribution in [0.5, 0.6) is 0 Å². The summed E-state index contributed by atoms with van der Waals surface area (Å²) in [6, 6.07) is 5.17. The van der Waals surface area contributed by atoms with Gasteiger partial charge in [-0.3, -0.25) is 9.59 Å². The van der Waals surface area contributed by atoms with Gasteiger partial charge in [0, 0.05) is 51.5 Å². The van der Waals surface area contributed by atoms with Gasteiger partial charge in [0.05, 0.1) is 15.9 Å². The maximum absolute atomic E-state index is 12.9. The summed E-state index contributed by atoms with van der Waals surface area (Å²) < 4.78 is 29.3. The zero-order valence-electron chi connectivity index (χ0n) is 21.1. The highest BCUT2D eigenvalue weighted by Crippen LogP contribution is 2.24. The highest BCUT2D eigenvalue weighted by molar-refractivity contribution is 7.89. The van der Waals surface area contributed by atoms with Crippen LogP contribution in [0.4, 0.5) is 0 Å². The van der Waals surface area contributed by atoms with Gasteiger partial charge in [-0.1, -0.05) is 27.7 Å². The van der Waals surface area contributed by atoms with Crippen LogP contribution in [0.3, 0.4) is 0 Å². The van der Waals surface area contributed by atoms with E-state index in [-0.39, 0.29) is 35.6 Å². The maximum Gasteiger partial charge on any atom is 0.243 e. The predicted molar refractivity (Wildman–Crippen MR) is 134 cm³/mol. The van der Waals surface area contributed by atoms with Crippen LogP contribution in [0.25, 0.3) is 11.0 Å². The molecule has 1 heterocycles. The van der Waals surface area contributed by atoms with E-state index < -0.39 is 10.0 Å². The molecule has 2 aromatic rings. The van der Waals surface area contributed by atoms with E-state index in [0.717, 1.165) is 30.7 Å². The normalized spacial score (nSPS) is 12.8. The Hall–Kier alpha value is -2.46. The number of fused-ring (bicyclic) bond motifs is 1. The molecule has 9 nitrogen and oxygen atoms in total. The molecule has 0 aliphatic rings. The molecule has 0 aliphatic carbocycles. The van der Waals surface area contributed by atoms with E-state index in [1.807, 2.05) is 27.7 Å². The third-order valence-corrected chi connectivity index (χ3v) is 7.90. The second-order valence-corrected chi connectivity index (χ2v) is 10.3. The molecule has 190 valence electrons. The number of aryl methyl sites for hydroxylation is 2. The minimum atomic E-state index is -3.57. The van der Waals surface area contributed by atoms with Gasteiger partial charge in [0.25, 0.3) is 0 Å². The molecular formula is C24H39N5O4S. The smallest absolute Gasteiger partial charge is 0.243 e. The number of carbonyl (C=O) groups excluding carboxylic acids is 2. The first kappa shape index (κ1) is 27.8. The molecule has 34 heavy (non-hydrogen) atoms. The third kappa shape index (κ3) is 7.02. The van der Waals surface area contributed by atoms with Crippen molar-refractivity contribution in [2.75, 3.05) is 19.6 Å². The van der Waals surface area contributed by atoms with Gasteiger partial charge in [-0.2, -0.15) is 4.31 Å². The lowest BCUT2D eigenvalue weighted by Crippen LogP contribution is -2.35. The summed E-state index contributed by atoms with van der Waals surface area (Å²) in [4.78, 5) is 29.1. The molecule has 0 spiro atoms. The van der Waals surface area contributed by atoms with Crippen LogP contribution in [0.15, 0.2) is 23.1 Å². The van der Waals surface area contributed by atoms with E-state index in [0.29, 0.717) is 31.6 Å². The maximum atomic E-state index is 12.9. The molecule has 10 heteroatoms. The Bertz CT molecular complexity index is 1080. The molecule has 0 fully saturated rings. The minimum Gasteiger partial charge on any atom is -0.356 e. The highest BCUT2D eigenvalue weighted by Gasteiger charge is 2.23. The Morgan fingerprint density at radius 3 is 2.41 bits per heavy atom. The summed E-state index contributed by atoms with van der Waals surface area (Å²) in [6.45, 7) is 11.5. The molecule has 0 saturated heterocycles. The van der Waals surface area contributed by atoms with Gasteiger partial charge in [0.2, 0.25) is 21.8 Å². The molecular weight excluding hydrogens is 454 g/mol. The van der Waals surface area contributed by atoms with Crippen LogP contribution in [0.2, 0.25) is 0 Å². The molecule has 0 bridgehead atoms. The monoisotopic (exact) mass is 493 g/mol. The average Bonchev–Trinajstić information content (AvgIpc) is 3.15. The number of nitrogens with zero attached hydrogens (tertiary/aromatic N) is 3. The van der Waals surface area contributed by atoms with Crippen LogP contribution >= 0.6 is 0 Å². The quantitative estimate of drug-likeness (QED) is 0.420. The van der Waals surface area contributed by atoms with Crippen LogP contribution in [-0.2, 0) is 32.6 Å². The van der Waals surface area contributed by atoms with Gasteiger partial charge < -0.3 is 15.2 Å². The van der Waals surface area contributed by atoms with Crippen molar-refractivity contribution >= 4 is 32.9 Å². The van der Waals surface area contributed by atoms with Crippen molar-refractivity contribution in [3.63, 3.8) is 0 Å². The predicted octanol–water partition coefficient (Wildman–Crippen LogP) is 2.83. The summed E-state index contributed by atoms with van der Waals surface area (Å²) in [7, 11) is -3.57. The summed E-state index contributed by atoms with van der Waals surface area (Å²) >= 11 is 0. The number of imidazole rings is 1. The summed E-state index contributed by atoms with van der Waals surface area (Å²) in [5.74, 6) is 0.532. The Kier molecular flexibility index (Phi) is 10.5. The van der Waals surface area contributed by atoms with Crippen LogP contribution in [0, 0.1) is 0 Å².